The first-order valence-corrected chi connectivity index (χ1v) is 8.62. The molecule has 1 nitrogen and oxygen atoms in total. The molecule has 2 aliphatic rings. The zero-order valence-electron chi connectivity index (χ0n) is 14.3. The highest BCUT2D eigenvalue weighted by Gasteiger charge is 2.53. The Bertz CT molecular complexity index is 557. The standard InChI is InChI=1S/C20H30O/c1-6-14-13(2)7-9-16-15(14)8-10-17-19(3,4)18(21)11-12-20(16,17)5/h7,9,17-18,21H,6,8,10-12H2,1-5H3. The van der Waals surface area contributed by atoms with Crippen LogP contribution in [0.4, 0.5) is 0 Å². The molecule has 0 aromatic heterocycles. The fraction of sp³-hybridized carbons (Fsp3) is 0.700. The van der Waals surface area contributed by atoms with Gasteiger partial charge in [0, 0.05) is 0 Å². The molecule has 2 aliphatic carbocycles. The van der Waals surface area contributed by atoms with Gasteiger partial charge in [-0.15, -0.1) is 0 Å². The second-order valence-corrected chi connectivity index (χ2v) is 8.13. The average Bonchev–Trinajstić information content (AvgIpc) is 2.43. The van der Waals surface area contributed by atoms with Gasteiger partial charge in [0.05, 0.1) is 6.10 Å². The predicted octanol–water partition coefficient (Wildman–Crippen LogP) is 4.56. The molecule has 1 heteroatoms. The summed E-state index contributed by atoms with van der Waals surface area (Å²) in [5, 5.41) is 10.5. The summed E-state index contributed by atoms with van der Waals surface area (Å²) in [7, 11) is 0. The minimum Gasteiger partial charge on any atom is -0.393 e. The fourth-order valence-electron chi connectivity index (χ4n) is 5.46. The van der Waals surface area contributed by atoms with E-state index in [0.29, 0.717) is 5.92 Å². The van der Waals surface area contributed by atoms with E-state index >= 15 is 0 Å². The molecule has 0 saturated heterocycles. The molecule has 0 radical (unpaired) electrons. The molecule has 3 rings (SSSR count). The van der Waals surface area contributed by atoms with Gasteiger partial charge in [0.15, 0.2) is 0 Å². The minimum absolute atomic E-state index is 0.0297. The number of aliphatic hydroxyl groups is 1. The maximum absolute atomic E-state index is 10.5. The molecule has 0 aliphatic heterocycles. The summed E-state index contributed by atoms with van der Waals surface area (Å²) in [6.45, 7) is 11.5. The third-order valence-electron chi connectivity index (χ3n) is 6.78. The molecule has 0 spiro atoms. The molecule has 1 aromatic carbocycles. The SMILES string of the molecule is CCc1c(C)ccc2c1CCC1C2(C)CCC(O)C1(C)C. The quantitative estimate of drug-likeness (QED) is 0.802. The molecular weight excluding hydrogens is 256 g/mol. The Morgan fingerprint density at radius 1 is 1.19 bits per heavy atom. The Balaban J connectivity index is 2.15. The molecule has 3 atom stereocenters. The Morgan fingerprint density at radius 2 is 1.90 bits per heavy atom. The van der Waals surface area contributed by atoms with Gasteiger partial charge in [-0.25, -0.2) is 0 Å². The van der Waals surface area contributed by atoms with E-state index in [2.05, 4.69) is 46.8 Å². The third-order valence-corrected chi connectivity index (χ3v) is 6.78. The van der Waals surface area contributed by atoms with Crippen molar-refractivity contribution in [2.24, 2.45) is 11.3 Å². The van der Waals surface area contributed by atoms with Crippen LogP contribution in [0, 0.1) is 18.3 Å². The van der Waals surface area contributed by atoms with Crippen molar-refractivity contribution in [2.75, 3.05) is 0 Å². The van der Waals surface area contributed by atoms with Crippen molar-refractivity contribution in [3.8, 4) is 0 Å². The van der Waals surface area contributed by atoms with E-state index in [9.17, 15) is 5.11 Å². The van der Waals surface area contributed by atoms with Gasteiger partial charge in [0.1, 0.15) is 0 Å². The molecule has 1 fully saturated rings. The van der Waals surface area contributed by atoms with Gasteiger partial charge in [-0.2, -0.15) is 0 Å². The van der Waals surface area contributed by atoms with Crippen LogP contribution in [0.1, 0.15) is 69.2 Å². The average molecular weight is 286 g/mol. The van der Waals surface area contributed by atoms with Gasteiger partial charge >= 0.3 is 0 Å². The maximum atomic E-state index is 10.5. The summed E-state index contributed by atoms with van der Waals surface area (Å²) in [5.41, 5.74) is 6.52. The summed E-state index contributed by atoms with van der Waals surface area (Å²) in [6.07, 6.45) is 5.48. The highest BCUT2D eigenvalue weighted by Crippen LogP contribution is 2.57. The second kappa shape index (κ2) is 4.84. The van der Waals surface area contributed by atoms with Crippen LogP contribution >= 0.6 is 0 Å². The van der Waals surface area contributed by atoms with Crippen LogP contribution in [0.5, 0.6) is 0 Å². The van der Waals surface area contributed by atoms with Gasteiger partial charge in [-0.05, 0) is 78.0 Å². The largest absolute Gasteiger partial charge is 0.393 e. The lowest BCUT2D eigenvalue weighted by Gasteiger charge is -2.56. The summed E-state index contributed by atoms with van der Waals surface area (Å²) in [6, 6.07) is 4.72. The number of hydrogen-bond acceptors (Lipinski definition) is 1. The zero-order valence-corrected chi connectivity index (χ0v) is 14.3. The number of aliphatic hydroxyl groups excluding tert-OH is 1. The highest BCUT2D eigenvalue weighted by molar-refractivity contribution is 5.47. The van der Waals surface area contributed by atoms with Gasteiger partial charge in [0.25, 0.3) is 0 Å². The molecule has 3 unspecified atom stereocenters. The van der Waals surface area contributed by atoms with Gasteiger partial charge in [-0.1, -0.05) is 39.8 Å². The number of fused-ring (bicyclic) bond motifs is 3. The Morgan fingerprint density at radius 3 is 2.57 bits per heavy atom. The number of benzene rings is 1. The Labute approximate surface area is 129 Å². The van der Waals surface area contributed by atoms with E-state index in [1.54, 1.807) is 16.7 Å². The van der Waals surface area contributed by atoms with Crippen molar-refractivity contribution in [2.45, 2.75) is 78.2 Å². The van der Waals surface area contributed by atoms with Crippen LogP contribution in [-0.2, 0) is 18.3 Å². The predicted molar refractivity (Wildman–Crippen MR) is 88.7 cm³/mol. The maximum Gasteiger partial charge on any atom is 0.0594 e. The number of rotatable bonds is 1. The van der Waals surface area contributed by atoms with Crippen molar-refractivity contribution in [3.63, 3.8) is 0 Å². The normalized spacial score (nSPS) is 34.2. The lowest BCUT2D eigenvalue weighted by Crippen LogP contribution is -2.54. The van der Waals surface area contributed by atoms with Crippen molar-refractivity contribution in [3.05, 3.63) is 34.4 Å². The first-order valence-electron chi connectivity index (χ1n) is 8.62. The van der Waals surface area contributed by atoms with Crippen molar-refractivity contribution in [1.82, 2.24) is 0 Å². The molecule has 21 heavy (non-hydrogen) atoms. The molecule has 1 saturated carbocycles. The van der Waals surface area contributed by atoms with Gasteiger partial charge in [0.2, 0.25) is 0 Å². The summed E-state index contributed by atoms with van der Waals surface area (Å²) >= 11 is 0. The van der Waals surface area contributed by atoms with Crippen molar-refractivity contribution in [1.29, 1.82) is 0 Å². The van der Waals surface area contributed by atoms with Crippen LogP contribution in [0.15, 0.2) is 12.1 Å². The first kappa shape index (κ1) is 15.1. The summed E-state index contributed by atoms with van der Waals surface area (Å²) < 4.78 is 0. The number of hydrogen-bond donors (Lipinski definition) is 1. The Kier molecular flexibility index (Phi) is 3.48. The smallest absolute Gasteiger partial charge is 0.0594 e. The van der Waals surface area contributed by atoms with Crippen LogP contribution in [0.2, 0.25) is 0 Å². The molecule has 0 amide bonds. The highest BCUT2D eigenvalue weighted by atomic mass is 16.3. The van der Waals surface area contributed by atoms with Crippen LogP contribution in [0.25, 0.3) is 0 Å². The fourth-order valence-corrected chi connectivity index (χ4v) is 5.46. The lowest BCUT2D eigenvalue weighted by atomic mass is 9.49. The molecule has 0 bridgehead atoms. The Hall–Kier alpha value is -0.820. The molecule has 0 heterocycles. The lowest BCUT2D eigenvalue weighted by molar-refractivity contribution is -0.0731. The topological polar surface area (TPSA) is 20.2 Å². The summed E-state index contributed by atoms with van der Waals surface area (Å²) in [5.74, 6) is 0.591. The van der Waals surface area contributed by atoms with E-state index in [1.165, 1.54) is 18.4 Å². The van der Waals surface area contributed by atoms with E-state index in [1.807, 2.05) is 0 Å². The van der Waals surface area contributed by atoms with E-state index in [0.717, 1.165) is 19.3 Å². The van der Waals surface area contributed by atoms with Crippen LogP contribution in [0.3, 0.4) is 0 Å². The van der Waals surface area contributed by atoms with Crippen molar-refractivity contribution >= 4 is 0 Å². The van der Waals surface area contributed by atoms with Crippen LogP contribution < -0.4 is 0 Å². The van der Waals surface area contributed by atoms with Gasteiger partial charge in [-0.3, -0.25) is 0 Å². The first-order chi connectivity index (χ1) is 9.82. The van der Waals surface area contributed by atoms with E-state index < -0.39 is 0 Å². The molecular formula is C20H30O. The molecule has 1 N–H and O–H groups in total. The summed E-state index contributed by atoms with van der Waals surface area (Å²) in [4.78, 5) is 0. The molecule has 1 aromatic rings. The van der Waals surface area contributed by atoms with E-state index in [4.69, 9.17) is 0 Å². The van der Waals surface area contributed by atoms with Gasteiger partial charge < -0.3 is 5.11 Å². The van der Waals surface area contributed by atoms with E-state index in [-0.39, 0.29) is 16.9 Å². The monoisotopic (exact) mass is 286 g/mol. The zero-order chi connectivity index (χ0) is 15.4. The number of aryl methyl sites for hydroxylation is 1. The van der Waals surface area contributed by atoms with Crippen molar-refractivity contribution < 1.29 is 5.11 Å². The molecule has 116 valence electrons. The minimum atomic E-state index is -0.145. The second-order valence-electron chi connectivity index (χ2n) is 8.13. The third kappa shape index (κ3) is 2.00. The van der Waals surface area contributed by atoms with Crippen LogP contribution in [-0.4, -0.2) is 11.2 Å².